The number of anilines is 1. The van der Waals surface area contributed by atoms with Crippen molar-refractivity contribution < 1.29 is 23.4 Å². The Bertz CT molecular complexity index is 895. The van der Waals surface area contributed by atoms with Gasteiger partial charge < -0.3 is 19.5 Å². The maximum Gasteiger partial charge on any atom is 0.257 e. The van der Waals surface area contributed by atoms with Crippen LogP contribution in [0.5, 0.6) is 11.5 Å². The summed E-state index contributed by atoms with van der Waals surface area (Å²) in [5.41, 5.74) is 1.03. The van der Waals surface area contributed by atoms with Crippen molar-refractivity contribution in [1.82, 2.24) is 5.32 Å². The van der Waals surface area contributed by atoms with Crippen molar-refractivity contribution in [2.45, 2.75) is 18.9 Å². The summed E-state index contributed by atoms with van der Waals surface area (Å²) in [5.74, 6) is 0.801. The van der Waals surface area contributed by atoms with Crippen molar-refractivity contribution in [2.75, 3.05) is 31.7 Å². The molecule has 1 fully saturated rings. The Balaban J connectivity index is 1.50. The number of rotatable bonds is 4. The highest BCUT2D eigenvalue weighted by atomic mass is 19.1. The van der Waals surface area contributed by atoms with Crippen LogP contribution in [0.15, 0.2) is 47.5 Å². The van der Waals surface area contributed by atoms with Crippen molar-refractivity contribution in [3.63, 3.8) is 0 Å². The zero-order chi connectivity index (χ0) is 20.1. The van der Waals surface area contributed by atoms with E-state index in [-0.39, 0.29) is 18.0 Å². The lowest BCUT2D eigenvalue weighted by atomic mass is 10.2. The minimum atomic E-state index is -0.400. The number of fused-ring (bicyclic) bond motifs is 1. The third kappa shape index (κ3) is 5.03. The predicted molar refractivity (Wildman–Crippen MR) is 106 cm³/mol. The number of hydrogen-bond donors (Lipinski definition) is 2. The normalized spacial score (nSPS) is 18.4. The van der Waals surface area contributed by atoms with E-state index in [0.717, 1.165) is 19.4 Å². The van der Waals surface area contributed by atoms with E-state index < -0.39 is 5.82 Å². The van der Waals surface area contributed by atoms with Gasteiger partial charge in [0.15, 0.2) is 11.5 Å². The smallest absolute Gasteiger partial charge is 0.257 e. The molecule has 1 unspecified atom stereocenters. The van der Waals surface area contributed by atoms with E-state index in [4.69, 9.17) is 14.2 Å². The zero-order valence-electron chi connectivity index (χ0n) is 15.8. The summed E-state index contributed by atoms with van der Waals surface area (Å²) in [6.07, 6.45) is 1.98. The van der Waals surface area contributed by atoms with Crippen molar-refractivity contribution in [3.05, 3.63) is 53.8 Å². The number of amides is 1. The molecule has 2 aliphatic rings. The average molecular weight is 399 g/mol. The van der Waals surface area contributed by atoms with Gasteiger partial charge in [0.05, 0.1) is 12.6 Å². The van der Waals surface area contributed by atoms with Crippen LogP contribution in [0.4, 0.5) is 10.1 Å². The highest BCUT2D eigenvalue weighted by Gasteiger charge is 2.17. The summed E-state index contributed by atoms with van der Waals surface area (Å²) in [7, 11) is 0. The van der Waals surface area contributed by atoms with Gasteiger partial charge in [0, 0.05) is 23.9 Å². The maximum atomic E-state index is 13.1. The van der Waals surface area contributed by atoms with Gasteiger partial charge in [0.1, 0.15) is 19.0 Å². The number of ether oxygens (including phenoxy) is 3. The second-order valence-electron chi connectivity index (χ2n) is 6.77. The lowest BCUT2D eigenvalue weighted by Gasteiger charge is -2.19. The lowest BCUT2D eigenvalue weighted by Crippen LogP contribution is -2.36. The molecule has 2 aromatic carbocycles. The van der Waals surface area contributed by atoms with Crippen molar-refractivity contribution in [3.8, 4) is 11.5 Å². The first kappa shape index (κ1) is 19.2. The number of hydrogen-bond acceptors (Lipinski definition) is 5. The number of guanidine groups is 1. The van der Waals surface area contributed by atoms with Crippen LogP contribution >= 0.6 is 0 Å². The molecule has 0 radical (unpaired) electrons. The number of halogens is 1. The quantitative estimate of drug-likeness (QED) is 0.610. The molecule has 2 N–H and O–H groups in total. The molecule has 2 aliphatic heterocycles. The molecule has 2 heterocycles. The molecule has 2 aromatic rings. The number of nitrogens with one attached hydrogen (secondary N) is 2. The maximum absolute atomic E-state index is 13.1. The summed E-state index contributed by atoms with van der Waals surface area (Å²) >= 11 is 0. The van der Waals surface area contributed by atoms with E-state index in [9.17, 15) is 9.18 Å². The third-order valence-corrected chi connectivity index (χ3v) is 4.62. The molecule has 0 bridgehead atoms. The van der Waals surface area contributed by atoms with Gasteiger partial charge in [-0.2, -0.15) is 0 Å². The molecule has 152 valence electrons. The first-order valence-electron chi connectivity index (χ1n) is 9.57. The van der Waals surface area contributed by atoms with Gasteiger partial charge in [-0.05, 0) is 49.2 Å². The van der Waals surface area contributed by atoms with Crippen LogP contribution in [-0.4, -0.2) is 44.3 Å². The number of nitrogens with zero attached hydrogens (tertiary/aromatic N) is 1. The van der Waals surface area contributed by atoms with Crippen LogP contribution in [0, 0.1) is 5.82 Å². The topological polar surface area (TPSA) is 81.2 Å². The summed E-state index contributed by atoms with van der Waals surface area (Å²) in [4.78, 5) is 17.1. The lowest BCUT2D eigenvalue weighted by molar-refractivity contribution is 0.0975. The highest BCUT2D eigenvalue weighted by molar-refractivity contribution is 6.10. The van der Waals surface area contributed by atoms with Crippen LogP contribution in [0.25, 0.3) is 0 Å². The molecular weight excluding hydrogens is 377 g/mol. The summed E-state index contributed by atoms with van der Waals surface area (Å²) in [6.45, 7) is 2.16. The Kier molecular flexibility index (Phi) is 5.90. The van der Waals surface area contributed by atoms with Gasteiger partial charge in [0.25, 0.3) is 5.91 Å². The van der Waals surface area contributed by atoms with E-state index in [2.05, 4.69) is 15.6 Å². The molecule has 0 aliphatic carbocycles. The minimum absolute atomic E-state index is 0.0368. The largest absolute Gasteiger partial charge is 0.486 e. The van der Waals surface area contributed by atoms with Gasteiger partial charge >= 0.3 is 0 Å². The Morgan fingerprint density at radius 3 is 2.62 bits per heavy atom. The SMILES string of the molecule is O=C(NC(=NCC1CCCO1)Nc1ccc2c(c1)OCCO2)c1ccc(F)cc1. The fraction of sp³-hybridized carbons (Fsp3) is 0.333. The molecule has 8 heteroatoms. The van der Waals surface area contributed by atoms with Gasteiger partial charge in [0.2, 0.25) is 5.96 Å². The molecule has 7 nitrogen and oxygen atoms in total. The number of carbonyl (C=O) groups is 1. The number of carbonyl (C=O) groups excluding carboxylic acids is 1. The van der Waals surface area contributed by atoms with Gasteiger partial charge in [-0.1, -0.05) is 0 Å². The molecular formula is C21H22FN3O4. The number of benzene rings is 2. The van der Waals surface area contributed by atoms with Crippen molar-refractivity contribution in [2.24, 2.45) is 4.99 Å². The van der Waals surface area contributed by atoms with Crippen LogP contribution in [0.1, 0.15) is 23.2 Å². The van der Waals surface area contributed by atoms with Crippen molar-refractivity contribution in [1.29, 1.82) is 0 Å². The molecule has 4 rings (SSSR count). The molecule has 1 atom stereocenters. The Morgan fingerprint density at radius 1 is 1.07 bits per heavy atom. The van der Waals surface area contributed by atoms with Gasteiger partial charge in [-0.3, -0.25) is 10.1 Å². The summed E-state index contributed by atoms with van der Waals surface area (Å²) in [6, 6.07) is 10.7. The minimum Gasteiger partial charge on any atom is -0.486 e. The zero-order valence-corrected chi connectivity index (χ0v) is 15.8. The molecule has 0 aromatic heterocycles. The number of aliphatic imine (C=N–C) groups is 1. The monoisotopic (exact) mass is 399 g/mol. The average Bonchev–Trinajstić information content (AvgIpc) is 3.26. The predicted octanol–water partition coefficient (Wildman–Crippen LogP) is 2.97. The first-order valence-corrected chi connectivity index (χ1v) is 9.57. The van der Waals surface area contributed by atoms with E-state index in [0.29, 0.717) is 42.5 Å². The van der Waals surface area contributed by atoms with Crippen LogP contribution in [0.3, 0.4) is 0 Å². The van der Waals surface area contributed by atoms with Crippen LogP contribution in [-0.2, 0) is 4.74 Å². The third-order valence-electron chi connectivity index (χ3n) is 4.62. The Hall–Kier alpha value is -3.13. The Labute approximate surface area is 167 Å². The fourth-order valence-electron chi connectivity index (χ4n) is 3.13. The second kappa shape index (κ2) is 8.91. The fourth-order valence-corrected chi connectivity index (χ4v) is 3.13. The van der Waals surface area contributed by atoms with Gasteiger partial charge in [-0.25, -0.2) is 9.38 Å². The van der Waals surface area contributed by atoms with E-state index >= 15 is 0 Å². The van der Waals surface area contributed by atoms with Crippen LogP contribution in [0.2, 0.25) is 0 Å². The van der Waals surface area contributed by atoms with Crippen LogP contribution < -0.4 is 20.1 Å². The molecule has 1 amide bonds. The van der Waals surface area contributed by atoms with E-state index in [1.165, 1.54) is 24.3 Å². The molecule has 29 heavy (non-hydrogen) atoms. The summed E-state index contributed by atoms with van der Waals surface area (Å²) < 4.78 is 29.9. The standard InChI is InChI=1S/C21H22FN3O4/c22-15-5-3-14(4-6-15)20(26)25-21(23-13-17-2-1-9-27-17)24-16-7-8-18-19(12-16)29-11-10-28-18/h3-8,12,17H,1-2,9-11,13H2,(H2,23,24,25,26). The summed E-state index contributed by atoms with van der Waals surface area (Å²) in [5, 5.41) is 5.87. The van der Waals surface area contributed by atoms with E-state index in [1.54, 1.807) is 12.1 Å². The van der Waals surface area contributed by atoms with Crippen molar-refractivity contribution >= 4 is 17.6 Å². The van der Waals surface area contributed by atoms with E-state index in [1.807, 2.05) is 6.07 Å². The highest BCUT2D eigenvalue weighted by Crippen LogP contribution is 2.32. The molecule has 0 spiro atoms. The molecule has 1 saturated heterocycles. The second-order valence-corrected chi connectivity index (χ2v) is 6.77. The molecule has 0 saturated carbocycles. The van der Waals surface area contributed by atoms with Gasteiger partial charge in [-0.15, -0.1) is 0 Å². The first-order chi connectivity index (χ1) is 14.2. The Morgan fingerprint density at radius 2 is 1.86 bits per heavy atom.